The van der Waals surface area contributed by atoms with Crippen LogP contribution in [0.4, 0.5) is 0 Å². The zero-order chi connectivity index (χ0) is 7.68. The Balaban J connectivity index is 2.06. The first-order valence-corrected chi connectivity index (χ1v) is 4.00. The molecule has 1 fully saturated rings. The average Bonchev–Trinajstić information content (AvgIpc) is 2.75. The van der Waals surface area contributed by atoms with Crippen LogP contribution < -0.4 is 5.73 Å². The van der Waals surface area contributed by atoms with Crippen LogP contribution in [-0.2, 0) is 6.42 Å². The molecule has 0 unspecified atom stereocenters. The van der Waals surface area contributed by atoms with Gasteiger partial charge in [0, 0.05) is 12.6 Å². The molecule has 1 aliphatic carbocycles. The number of nitrogens with two attached hydrogens (primary N) is 1. The van der Waals surface area contributed by atoms with Crippen molar-refractivity contribution in [1.82, 2.24) is 9.78 Å². The van der Waals surface area contributed by atoms with E-state index in [4.69, 9.17) is 5.73 Å². The first kappa shape index (κ1) is 6.85. The lowest BCUT2D eigenvalue weighted by atomic mass is 10.3. The minimum absolute atomic E-state index is 0.687. The highest BCUT2D eigenvalue weighted by Crippen LogP contribution is 2.32. The summed E-state index contributed by atoms with van der Waals surface area (Å²) < 4.78 is 1.98. The van der Waals surface area contributed by atoms with Gasteiger partial charge in [0.25, 0.3) is 0 Å². The van der Waals surface area contributed by atoms with Crippen molar-refractivity contribution < 1.29 is 0 Å². The second-order valence-corrected chi connectivity index (χ2v) is 2.86. The van der Waals surface area contributed by atoms with Gasteiger partial charge in [-0.3, -0.25) is 4.68 Å². The van der Waals surface area contributed by atoms with Crippen molar-refractivity contribution in [3.8, 4) is 0 Å². The summed E-state index contributed by atoms with van der Waals surface area (Å²) in [4.78, 5) is 0. The molecule has 11 heavy (non-hydrogen) atoms. The van der Waals surface area contributed by atoms with Crippen LogP contribution in [0.1, 0.15) is 18.5 Å². The molecule has 2 N–H and O–H groups in total. The smallest absolute Gasteiger partial charge is 0.0880 e. The Labute approximate surface area is 66.2 Å². The Morgan fingerprint density at radius 2 is 2.36 bits per heavy atom. The molecule has 1 aromatic heterocycles. The zero-order valence-electron chi connectivity index (χ0n) is 6.45. The number of hydrogen-bond acceptors (Lipinski definition) is 2. The molecule has 0 saturated heterocycles. The molecule has 0 spiro atoms. The number of aromatic nitrogens is 2. The van der Waals surface area contributed by atoms with Gasteiger partial charge in [-0.05, 0) is 25.5 Å². The molecule has 0 bridgehead atoms. The maximum atomic E-state index is 5.41. The summed E-state index contributed by atoms with van der Waals surface area (Å²) in [5.74, 6) is 0. The van der Waals surface area contributed by atoms with E-state index < -0.39 is 0 Å². The molecule has 1 heterocycles. The molecule has 1 saturated carbocycles. The van der Waals surface area contributed by atoms with Gasteiger partial charge in [0.15, 0.2) is 0 Å². The van der Waals surface area contributed by atoms with Crippen molar-refractivity contribution in [3.05, 3.63) is 24.0 Å². The standard InChI is InChI=1S/C8H12N3/c9-5-3-7-4-6-11(10-7)8-1-2-8/h4,6H,1-3,5,9H2. The van der Waals surface area contributed by atoms with Crippen molar-refractivity contribution >= 4 is 0 Å². The Morgan fingerprint density at radius 3 is 3.00 bits per heavy atom. The van der Waals surface area contributed by atoms with E-state index >= 15 is 0 Å². The van der Waals surface area contributed by atoms with Crippen molar-refractivity contribution in [1.29, 1.82) is 0 Å². The first-order valence-electron chi connectivity index (χ1n) is 4.00. The predicted octanol–water partition coefficient (Wildman–Crippen LogP) is 0.558. The molecule has 2 rings (SSSR count). The number of hydrogen-bond donors (Lipinski definition) is 1. The summed E-state index contributed by atoms with van der Waals surface area (Å²) >= 11 is 0. The second kappa shape index (κ2) is 2.66. The largest absolute Gasteiger partial charge is 0.330 e. The minimum atomic E-state index is 0.687. The highest BCUT2D eigenvalue weighted by atomic mass is 15.3. The Kier molecular flexibility index (Phi) is 1.66. The van der Waals surface area contributed by atoms with Crippen LogP contribution in [0.15, 0.2) is 12.3 Å². The van der Waals surface area contributed by atoms with Gasteiger partial charge < -0.3 is 5.73 Å². The van der Waals surface area contributed by atoms with E-state index in [1.165, 1.54) is 18.9 Å². The quantitative estimate of drug-likeness (QED) is 0.684. The molecule has 1 aromatic rings. The zero-order valence-corrected chi connectivity index (χ0v) is 6.45. The molecule has 3 heteroatoms. The van der Waals surface area contributed by atoms with Gasteiger partial charge in [-0.15, -0.1) is 0 Å². The summed E-state index contributed by atoms with van der Waals surface area (Å²) in [5.41, 5.74) is 6.51. The van der Waals surface area contributed by atoms with Gasteiger partial charge in [-0.25, -0.2) is 0 Å². The molecule has 0 aromatic carbocycles. The van der Waals surface area contributed by atoms with Crippen LogP contribution in [0.5, 0.6) is 0 Å². The lowest BCUT2D eigenvalue weighted by molar-refractivity contribution is 0.754. The fourth-order valence-corrected chi connectivity index (χ4v) is 1.10. The van der Waals surface area contributed by atoms with Gasteiger partial charge in [-0.2, -0.15) is 5.10 Å². The van der Waals surface area contributed by atoms with E-state index in [1.54, 1.807) is 0 Å². The van der Waals surface area contributed by atoms with Crippen LogP contribution in [0.25, 0.3) is 0 Å². The normalized spacial score (nSPS) is 17.2. The lowest BCUT2D eigenvalue weighted by Gasteiger charge is -1.93. The van der Waals surface area contributed by atoms with Gasteiger partial charge in [0.05, 0.1) is 11.7 Å². The van der Waals surface area contributed by atoms with E-state index in [0.717, 1.165) is 12.1 Å². The number of rotatable bonds is 3. The summed E-state index contributed by atoms with van der Waals surface area (Å²) in [6.07, 6.45) is 5.33. The van der Waals surface area contributed by atoms with Crippen LogP contribution in [0, 0.1) is 6.04 Å². The molecule has 59 valence electrons. The summed E-state index contributed by atoms with van der Waals surface area (Å²) in [5, 5.41) is 4.36. The van der Waals surface area contributed by atoms with Crippen LogP contribution >= 0.6 is 0 Å². The van der Waals surface area contributed by atoms with E-state index in [2.05, 4.69) is 5.10 Å². The van der Waals surface area contributed by atoms with E-state index in [1.807, 2.05) is 16.9 Å². The lowest BCUT2D eigenvalue weighted by Crippen LogP contribution is -2.04. The van der Waals surface area contributed by atoms with Gasteiger partial charge in [-0.1, -0.05) is 0 Å². The number of nitrogens with zero attached hydrogens (tertiary/aromatic N) is 2. The first-order chi connectivity index (χ1) is 5.40. The maximum absolute atomic E-state index is 5.41. The van der Waals surface area contributed by atoms with Crippen molar-refractivity contribution in [2.75, 3.05) is 6.54 Å². The summed E-state index contributed by atoms with van der Waals surface area (Å²) in [6, 6.07) is 3.46. The third kappa shape index (κ3) is 1.43. The van der Waals surface area contributed by atoms with Crippen molar-refractivity contribution in [2.24, 2.45) is 5.73 Å². The molecule has 0 amide bonds. The molecule has 0 aliphatic heterocycles. The van der Waals surface area contributed by atoms with Crippen molar-refractivity contribution in [3.63, 3.8) is 0 Å². The van der Waals surface area contributed by atoms with E-state index in [-0.39, 0.29) is 0 Å². The average molecular weight is 150 g/mol. The summed E-state index contributed by atoms with van der Waals surface area (Å²) in [7, 11) is 0. The maximum Gasteiger partial charge on any atom is 0.0880 e. The minimum Gasteiger partial charge on any atom is -0.330 e. The molecular weight excluding hydrogens is 138 g/mol. The fraction of sp³-hybridized carbons (Fsp3) is 0.500. The highest BCUT2D eigenvalue weighted by molar-refractivity contribution is 5.11. The monoisotopic (exact) mass is 150 g/mol. The molecule has 1 radical (unpaired) electrons. The van der Waals surface area contributed by atoms with Gasteiger partial charge in [0.2, 0.25) is 0 Å². The van der Waals surface area contributed by atoms with Crippen LogP contribution in [-0.4, -0.2) is 16.3 Å². The van der Waals surface area contributed by atoms with Crippen LogP contribution in [0.3, 0.4) is 0 Å². The van der Waals surface area contributed by atoms with Gasteiger partial charge in [0.1, 0.15) is 0 Å². The Morgan fingerprint density at radius 1 is 1.55 bits per heavy atom. The molecule has 3 nitrogen and oxygen atoms in total. The fourth-order valence-electron chi connectivity index (χ4n) is 1.10. The third-order valence-corrected chi connectivity index (χ3v) is 1.84. The molecular formula is C8H12N3. The van der Waals surface area contributed by atoms with E-state index in [0.29, 0.717) is 6.54 Å². The molecule has 0 atom stereocenters. The Hall–Kier alpha value is -0.830. The van der Waals surface area contributed by atoms with Gasteiger partial charge >= 0.3 is 0 Å². The molecule has 1 aliphatic rings. The van der Waals surface area contributed by atoms with E-state index in [9.17, 15) is 0 Å². The predicted molar refractivity (Wildman–Crippen MR) is 42.9 cm³/mol. The van der Waals surface area contributed by atoms with Crippen molar-refractivity contribution in [2.45, 2.75) is 19.3 Å². The topological polar surface area (TPSA) is 43.8 Å². The van der Waals surface area contributed by atoms with Crippen LogP contribution in [0.2, 0.25) is 0 Å². The summed E-state index contributed by atoms with van der Waals surface area (Å²) in [6.45, 7) is 0.687. The third-order valence-electron chi connectivity index (χ3n) is 1.84. The SMILES string of the molecule is NCCc1ccn([C]2CC2)n1. The second-order valence-electron chi connectivity index (χ2n) is 2.86. The Bertz CT molecular complexity index is 237. The highest BCUT2D eigenvalue weighted by Gasteiger charge is 2.25.